The molecular weight excluding hydrogens is 492 g/mol. The molecule has 1 fully saturated rings. The maximum atomic E-state index is 13.7. The Morgan fingerprint density at radius 2 is 1.46 bits per heavy atom. The average molecular weight is 537 g/mol. The SMILES string of the molecule is CCCCC/C=C/CN1C(=O)C(Cc2ccc(-c3cc(OC)c(OC)c(OC)c3)cc2)N(C)C(=O)C1CCC. The van der Waals surface area contributed by atoms with Gasteiger partial charge in [0, 0.05) is 20.0 Å². The van der Waals surface area contributed by atoms with Crippen LogP contribution >= 0.6 is 0 Å². The van der Waals surface area contributed by atoms with Gasteiger partial charge in [-0.15, -0.1) is 0 Å². The van der Waals surface area contributed by atoms with Crippen LogP contribution in [0.5, 0.6) is 17.2 Å². The van der Waals surface area contributed by atoms with E-state index in [1.54, 1.807) is 38.2 Å². The summed E-state index contributed by atoms with van der Waals surface area (Å²) in [5.41, 5.74) is 2.90. The minimum Gasteiger partial charge on any atom is -0.493 e. The van der Waals surface area contributed by atoms with E-state index in [1.807, 2.05) is 36.4 Å². The largest absolute Gasteiger partial charge is 0.493 e. The molecule has 0 bridgehead atoms. The topological polar surface area (TPSA) is 68.3 Å². The quantitative estimate of drug-likeness (QED) is 0.222. The zero-order chi connectivity index (χ0) is 28.4. The van der Waals surface area contributed by atoms with Gasteiger partial charge in [0.05, 0.1) is 21.3 Å². The molecule has 7 nitrogen and oxygen atoms in total. The van der Waals surface area contributed by atoms with Crippen molar-refractivity contribution in [2.24, 2.45) is 0 Å². The van der Waals surface area contributed by atoms with Crippen molar-refractivity contribution in [3.8, 4) is 28.4 Å². The number of amides is 2. The molecule has 0 radical (unpaired) electrons. The summed E-state index contributed by atoms with van der Waals surface area (Å²) in [6.45, 7) is 4.72. The van der Waals surface area contributed by atoms with E-state index >= 15 is 0 Å². The molecule has 1 aliphatic heterocycles. The number of allylic oxidation sites excluding steroid dienone is 1. The van der Waals surface area contributed by atoms with Gasteiger partial charge in [-0.1, -0.05) is 69.5 Å². The van der Waals surface area contributed by atoms with E-state index in [1.165, 1.54) is 12.8 Å². The Labute approximate surface area is 233 Å². The number of hydrogen-bond donors (Lipinski definition) is 0. The van der Waals surface area contributed by atoms with Crippen LogP contribution in [0.3, 0.4) is 0 Å². The third-order valence-electron chi connectivity index (χ3n) is 7.43. The molecule has 2 aromatic carbocycles. The fourth-order valence-corrected chi connectivity index (χ4v) is 5.15. The molecular formula is C32H44N2O5. The normalized spacial score (nSPS) is 17.7. The Morgan fingerprint density at radius 1 is 0.795 bits per heavy atom. The van der Waals surface area contributed by atoms with Crippen molar-refractivity contribution in [2.45, 2.75) is 70.9 Å². The van der Waals surface area contributed by atoms with Gasteiger partial charge < -0.3 is 24.0 Å². The lowest BCUT2D eigenvalue weighted by molar-refractivity contribution is -0.159. The Kier molecular flexibility index (Phi) is 11.3. The van der Waals surface area contributed by atoms with Gasteiger partial charge in [0.25, 0.3) is 0 Å². The van der Waals surface area contributed by atoms with E-state index in [4.69, 9.17) is 14.2 Å². The second-order valence-electron chi connectivity index (χ2n) is 10.0. The summed E-state index contributed by atoms with van der Waals surface area (Å²) in [5, 5.41) is 0. The Balaban J connectivity index is 1.79. The highest BCUT2D eigenvalue weighted by Crippen LogP contribution is 2.41. The van der Waals surface area contributed by atoms with Gasteiger partial charge in [0.15, 0.2) is 11.5 Å². The molecule has 0 aromatic heterocycles. The van der Waals surface area contributed by atoms with Gasteiger partial charge in [0.2, 0.25) is 17.6 Å². The van der Waals surface area contributed by atoms with Crippen LogP contribution in [-0.4, -0.2) is 68.6 Å². The minimum atomic E-state index is -0.522. The van der Waals surface area contributed by atoms with Gasteiger partial charge in [-0.3, -0.25) is 9.59 Å². The summed E-state index contributed by atoms with van der Waals surface area (Å²) in [6.07, 6.45) is 10.7. The summed E-state index contributed by atoms with van der Waals surface area (Å²) in [7, 11) is 6.54. The second kappa shape index (κ2) is 14.6. The van der Waals surface area contributed by atoms with Crippen molar-refractivity contribution in [1.82, 2.24) is 9.80 Å². The predicted octanol–water partition coefficient (Wildman–Crippen LogP) is 5.90. The standard InChI is InChI=1S/C32H44N2O5/c1-7-9-10-11-12-13-19-34-26(14-8-2)31(35)33(3)27(32(34)36)20-23-15-17-24(18-16-23)25-21-28(37-4)30(39-6)29(22-25)38-5/h12-13,15-18,21-22,26-27H,7-11,14,19-20H2,1-6H3/b13-12+. The van der Waals surface area contributed by atoms with Crippen molar-refractivity contribution in [1.29, 1.82) is 0 Å². The van der Waals surface area contributed by atoms with Crippen LogP contribution in [0.2, 0.25) is 0 Å². The van der Waals surface area contributed by atoms with E-state index in [0.717, 1.165) is 36.0 Å². The highest BCUT2D eigenvalue weighted by Gasteiger charge is 2.43. The van der Waals surface area contributed by atoms with Crippen molar-refractivity contribution in [3.63, 3.8) is 0 Å². The zero-order valence-electron chi connectivity index (χ0n) is 24.4. The first-order chi connectivity index (χ1) is 18.9. The van der Waals surface area contributed by atoms with Gasteiger partial charge in [-0.25, -0.2) is 0 Å². The van der Waals surface area contributed by atoms with Crippen molar-refractivity contribution >= 4 is 11.8 Å². The van der Waals surface area contributed by atoms with Crippen LogP contribution < -0.4 is 14.2 Å². The lowest BCUT2D eigenvalue weighted by atomic mass is 9.95. The molecule has 0 spiro atoms. The first-order valence-corrected chi connectivity index (χ1v) is 14.0. The number of methoxy groups -OCH3 is 3. The maximum Gasteiger partial charge on any atom is 0.246 e. The van der Waals surface area contributed by atoms with Crippen molar-refractivity contribution < 1.29 is 23.8 Å². The molecule has 0 saturated carbocycles. The average Bonchev–Trinajstić information content (AvgIpc) is 2.96. The number of ether oxygens (including phenoxy) is 3. The molecule has 212 valence electrons. The zero-order valence-corrected chi connectivity index (χ0v) is 24.4. The molecule has 0 aliphatic carbocycles. The first kappa shape index (κ1) is 30.1. The van der Waals surface area contributed by atoms with Gasteiger partial charge in [0.1, 0.15) is 12.1 Å². The molecule has 2 unspecified atom stereocenters. The summed E-state index contributed by atoms with van der Waals surface area (Å²) in [6, 6.07) is 11.0. The first-order valence-electron chi connectivity index (χ1n) is 14.0. The fraction of sp³-hybridized carbons (Fsp3) is 0.500. The lowest BCUT2D eigenvalue weighted by Gasteiger charge is -2.43. The number of unbranched alkanes of at least 4 members (excludes halogenated alkanes) is 3. The maximum absolute atomic E-state index is 13.7. The molecule has 39 heavy (non-hydrogen) atoms. The summed E-state index contributed by atoms with van der Waals surface area (Å²) in [4.78, 5) is 30.5. The number of rotatable bonds is 14. The number of carbonyl (C=O) groups is 2. The third-order valence-corrected chi connectivity index (χ3v) is 7.43. The number of carbonyl (C=O) groups excluding carboxylic acids is 2. The predicted molar refractivity (Wildman–Crippen MR) is 155 cm³/mol. The van der Waals surface area contributed by atoms with E-state index in [-0.39, 0.29) is 11.8 Å². The van der Waals surface area contributed by atoms with Gasteiger partial charge >= 0.3 is 0 Å². The molecule has 2 aromatic rings. The van der Waals surface area contributed by atoms with Crippen LogP contribution in [0.1, 0.15) is 57.9 Å². The van der Waals surface area contributed by atoms with Crippen molar-refractivity contribution in [3.05, 3.63) is 54.1 Å². The molecule has 1 aliphatic rings. The highest BCUT2D eigenvalue weighted by atomic mass is 16.5. The third kappa shape index (κ3) is 7.14. The molecule has 3 rings (SSSR count). The highest BCUT2D eigenvalue weighted by molar-refractivity contribution is 5.97. The molecule has 1 heterocycles. The van der Waals surface area contributed by atoms with Gasteiger partial charge in [-0.2, -0.15) is 0 Å². The minimum absolute atomic E-state index is 0.0162. The smallest absolute Gasteiger partial charge is 0.246 e. The number of hydrogen-bond acceptors (Lipinski definition) is 5. The summed E-state index contributed by atoms with van der Waals surface area (Å²) >= 11 is 0. The summed E-state index contributed by atoms with van der Waals surface area (Å²) in [5.74, 6) is 1.76. The molecule has 7 heteroatoms. The van der Waals surface area contributed by atoms with E-state index in [9.17, 15) is 9.59 Å². The van der Waals surface area contributed by atoms with E-state index < -0.39 is 12.1 Å². The Hall–Kier alpha value is -3.48. The number of likely N-dealkylation sites (N-methyl/N-ethyl adjacent to an activating group) is 1. The molecule has 1 saturated heterocycles. The lowest BCUT2D eigenvalue weighted by Crippen LogP contribution is -2.64. The molecule has 2 atom stereocenters. The van der Waals surface area contributed by atoms with Crippen LogP contribution in [0.15, 0.2) is 48.6 Å². The van der Waals surface area contributed by atoms with Crippen LogP contribution in [-0.2, 0) is 16.0 Å². The number of nitrogens with zero attached hydrogens (tertiary/aromatic N) is 2. The fourth-order valence-electron chi connectivity index (χ4n) is 5.15. The van der Waals surface area contributed by atoms with Crippen LogP contribution in [0.25, 0.3) is 11.1 Å². The van der Waals surface area contributed by atoms with Crippen LogP contribution in [0.4, 0.5) is 0 Å². The van der Waals surface area contributed by atoms with E-state index in [2.05, 4.69) is 26.0 Å². The van der Waals surface area contributed by atoms with Crippen molar-refractivity contribution in [2.75, 3.05) is 34.9 Å². The van der Waals surface area contributed by atoms with E-state index in [0.29, 0.717) is 36.6 Å². The summed E-state index contributed by atoms with van der Waals surface area (Å²) < 4.78 is 16.4. The molecule has 0 N–H and O–H groups in total. The molecule has 2 amide bonds. The monoisotopic (exact) mass is 536 g/mol. The van der Waals surface area contributed by atoms with Gasteiger partial charge in [-0.05, 0) is 48.1 Å². The van der Waals surface area contributed by atoms with Crippen LogP contribution in [0, 0.1) is 0 Å². The number of piperazine rings is 1. The Bertz CT molecular complexity index is 1100. The Morgan fingerprint density at radius 3 is 2.03 bits per heavy atom. The number of benzene rings is 2. The second-order valence-corrected chi connectivity index (χ2v) is 10.0.